The Balaban J connectivity index is 1.23. The molecule has 2 N–H and O–H groups in total. The first kappa shape index (κ1) is 22.8. The number of piperidine rings is 3. The fraction of sp³-hybridized carbons (Fsp3) is 0.357. The van der Waals surface area contributed by atoms with E-state index in [1.807, 2.05) is 48.5 Å². The van der Waals surface area contributed by atoms with Gasteiger partial charge >= 0.3 is 5.97 Å². The van der Waals surface area contributed by atoms with Crippen molar-refractivity contribution in [3.05, 3.63) is 89.4 Å². The quantitative estimate of drug-likeness (QED) is 0.425. The maximum atomic E-state index is 13.8. The van der Waals surface area contributed by atoms with Gasteiger partial charge in [-0.25, -0.2) is 9.78 Å². The highest BCUT2D eigenvalue weighted by molar-refractivity contribution is 5.90. The van der Waals surface area contributed by atoms with Crippen molar-refractivity contribution in [3.63, 3.8) is 0 Å². The van der Waals surface area contributed by atoms with Gasteiger partial charge in [0.25, 0.3) is 5.91 Å². The fourth-order valence-electron chi connectivity index (χ4n) is 6.28. The van der Waals surface area contributed by atoms with Crippen LogP contribution in [0.5, 0.6) is 0 Å². The van der Waals surface area contributed by atoms with E-state index in [2.05, 4.69) is 15.3 Å². The molecule has 3 aliphatic heterocycles. The SMILES string of the molecule is O=C(C[N+]12CCC(CC1)C(OC(=O)C1(O)c3ccccc3Cc3ccccc31)C2)Nc1cnccn1. The Bertz CT molecular complexity index is 1260. The van der Waals surface area contributed by atoms with Crippen LogP contribution in [0.15, 0.2) is 67.1 Å². The first-order chi connectivity index (χ1) is 17.5. The first-order valence-electron chi connectivity index (χ1n) is 12.5. The number of esters is 1. The molecule has 3 saturated heterocycles. The van der Waals surface area contributed by atoms with Crippen molar-refractivity contribution in [1.82, 2.24) is 9.97 Å². The molecule has 1 unspecified atom stereocenters. The predicted octanol–water partition coefficient (Wildman–Crippen LogP) is 2.41. The zero-order valence-corrected chi connectivity index (χ0v) is 20.0. The summed E-state index contributed by atoms with van der Waals surface area (Å²) in [6, 6.07) is 15.1. The minimum Gasteiger partial charge on any atom is -0.453 e. The Hall–Kier alpha value is -3.62. The molecule has 3 fully saturated rings. The number of hydrogen-bond acceptors (Lipinski definition) is 6. The summed E-state index contributed by atoms with van der Waals surface area (Å²) < 4.78 is 6.71. The molecule has 0 spiro atoms. The molecule has 0 radical (unpaired) electrons. The lowest BCUT2D eigenvalue weighted by Gasteiger charge is -2.51. The third kappa shape index (κ3) is 3.86. The maximum absolute atomic E-state index is 13.8. The van der Waals surface area contributed by atoms with Crippen LogP contribution >= 0.6 is 0 Å². The second-order valence-corrected chi connectivity index (χ2v) is 10.3. The molecule has 8 nitrogen and oxygen atoms in total. The highest BCUT2D eigenvalue weighted by Gasteiger charge is 2.52. The number of carbonyl (C=O) groups is 2. The van der Waals surface area contributed by atoms with Crippen LogP contribution in [0.2, 0.25) is 0 Å². The number of nitrogens with zero attached hydrogens (tertiary/aromatic N) is 3. The number of ether oxygens (including phenoxy) is 1. The van der Waals surface area contributed by atoms with Crippen molar-refractivity contribution in [2.75, 3.05) is 31.5 Å². The number of amides is 1. The molecule has 1 aliphatic carbocycles. The number of aliphatic hydroxyl groups is 1. The van der Waals surface area contributed by atoms with E-state index in [4.69, 9.17) is 4.74 Å². The van der Waals surface area contributed by atoms with E-state index < -0.39 is 11.6 Å². The number of hydrogen-bond donors (Lipinski definition) is 2. The lowest BCUT2D eigenvalue weighted by molar-refractivity contribution is -0.939. The molecule has 8 heteroatoms. The molecule has 3 aromatic rings. The molecule has 0 saturated carbocycles. The molecule has 1 aromatic heterocycles. The van der Waals surface area contributed by atoms with E-state index in [0.717, 1.165) is 37.1 Å². The number of carbonyl (C=O) groups excluding carboxylic acids is 2. The van der Waals surface area contributed by atoms with Crippen molar-refractivity contribution < 1.29 is 23.9 Å². The fourth-order valence-corrected chi connectivity index (χ4v) is 6.28. The van der Waals surface area contributed by atoms with E-state index in [0.29, 0.717) is 34.4 Å². The van der Waals surface area contributed by atoms with E-state index in [1.54, 1.807) is 6.20 Å². The monoisotopic (exact) mass is 485 g/mol. The Labute approximate surface area is 209 Å². The minimum atomic E-state index is -1.86. The van der Waals surface area contributed by atoms with Crippen LogP contribution in [0.4, 0.5) is 5.82 Å². The Morgan fingerprint density at radius 3 is 2.33 bits per heavy atom. The number of nitrogens with one attached hydrogen (secondary N) is 1. The molecule has 2 bridgehead atoms. The van der Waals surface area contributed by atoms with Gasteiger partial charge in [-0.05, 0) is 17.5 Å². The van der Waals surface area contributed by atoms with Gasteiger partial charge in [0.05, 0.1) is 19.3 Å². The van der Waals surface area contributed by atoms with Crippen LogP contribution < -0.4 is 5.32 Å². The zero-order chi connectivity index (χ0) is 24.8. The van der Waals surface area contributed by atoms with E-state index in [1.165, 1.54) is 12.4 Å². The van der Waals surface area contributed by atoms with Crippen LogP contribution in [-0.4, -0.2) is 63.7 Å². The van der Waals surface area contributed by atoms with Crippen LogP contribution in [0.25, 0.3) is 0 Å². The minimum absolute atomic E-state index is 0.130. The second kappa shape index (κ2) is 8.80. The number of quaternary nitrogens is 1. The van der Waals surface area contributed by atoms with Gasteiger partial charge in [0.2, 0.25) is 5.60 Å². The molecule has 4 heterocycles. The normalized spacial score (nSPS) is 25.4. The molecule has 2 aromatic carbocycles. The van der Waals surface area contributed by atoms with E-state index in [9.17, 15) is 14.7 Å². The maximum Gasteiger partial charge on any atom is 0.348 e. The Morgan fingerprint density at radius 2 is 1.69 bits per heavy atom. The van der Waals surface area contributed by atoms with Crippen molar-refractivity contribution in [2.45, 2.75) is 31.0 Å². The topological polar surface area (TPSA) is 101 Å². The molecule has 184 valence electrons. The third-order valence-electron chi connectivity index (χ3n) is 8.10. The summed E-state index contributed by atoms with van der Waals surface area (Å²) >= 11 is 0. The smallest absolute Gasteiger partial charge is 0.348 e. The standard InChI is InChI=1S/C28H28N4O4/c33-26(31-25-16-29-11-12-30-25)18-32-13-9-19(10-14-32)24(17-32)36-27(34)28(35)22-7-3-1-5-20(22)15-21-6-2-4-8-23(21)28/h1-8,11-12,16,19,24,35H,9-10,13-15,17-18H2/p+1. The second-order valence-electron chi connectivity index (χ2n) is 10.3. The average molecular weight is 486 g/mol. The summed E-state index contributed by atoms with van der Waals surface area (Å²) in [5.74, 6) is -0.111. The van der Waals surface area contributed by atoms with Crippen molar-refractivity contribution in [2.24, 2.45) is 5.92 Å². The summed E-state index contributed by atoms with van der Waals surface area (Å²) in [4.78, 5) is 34.7. The van der Waals surface area contributed by atoms with Gasteiger partial charge in [-0.15, -0.1) is 0 Å². The van der Waals surface area contributed by atoms with Gasteiger partial charge in [-0.1, -0.05) is 48.5 Å². The lowest BCUT2D eigenvalue weighted by Crippen LogP contribution is -2.66. The van der Waals surface area contributed by atoms with Gasteiger partial charge in [0.15, 0.2) is 18.5 Å². The molecule has 4 aliphatic rings. The van der Waals surface area contributed by atoms with Crippen LogP contribution in [0.1, 0.15) is 35.1 Å². The summed E-state index contributed by atoms with van der Waals surface area (Å²) in [5.41, 5.74) is 1.16. The van der Waals surface area contributed by atoms with Gasteiger partial charge in [-0.3, -0.25) is 9.78 Å². The van der Waals surface area contributed by atoms with E-state index in [-0.39, 0.29) is 24.5 Å². The average Bonchev–Trinajstić information content (AvgIpc) is 2.90. The Morgan fingerprint density at radius 1 is 1.03 bits per heavy atom. The third-order valence-corrected chi connectivity index (χ3v) is 8.10. The first-order valence-corrected chi connectivity index (χ1v) is 12.5. The summed E-state index contributed by atoms with van der Waals surface area (Å²) in [6.07, 6.45) is 6.68. The van der Waals surface area contributed by atoms with E-state index >= 15 is 0 Å². The molecule has 1 atom stereocenters. The van der Waals surface area contributed by atoms with Crippen molar-refractivity contribution >= 4 is 17.7 Å². The van der Waals surface area contributed by atoms with Crippen molar-refractivity contribution in [3.8, 4) is 0 Å². The van der Waals surface area contributed by atoms with Crippen LogP contribution in [-0.2, 0) is 26.3 Å². The molecule has 36 heavy (non-hydrogen) atoms. The van der Waals surface area contributed by atoms with Gasteiger partial charge < -0.3 is 19.6 Å². The lowest BCUT2D eigenvalue weighted by atomic mass is 9.74. The van der Waals surface area contributed by atoms with Crippen LogP contribution in [0, 0.1) is 5.92 Å². The number of anilines is 1. The number of fused-ring (bicyclic) bond motifs is 5. The summed E-state index contributed by atoms with van der Waals surface area (Å²) in [5, 5.41) is 14.8. The highest BCUT2D eigenvalue weighted by Crippen LogP contribution is 2.42. The number of rotatable bonds is 5. The zero-order valence-electron chi connectivity index (χ0n) is 20.0. The van der Waals surface area contributed by atoms with Gasteiger partial charge in [0, 0.05) is 42.3 Å². The Kier molecular flexibility index (Phi) is 5.58. The van der Waals surface area contributed by atoms with Crippen molar-refractivity contribution in [1.29, 1.82) is 0 Å². The number of benzene rings is 2. The molecular formula is C28H29N4O4+. The largest absolute Gasteiger partial charge is 0.453 e. The van der Waals surface area contributed by atoms with Gasteiger partial charge in [0.1, 0.15) is 6.54 Å². The summed E-state index contributed by atoms with van der Waals surface area (Å²) in [7, 11) is 0. The highest BCUT2D eigenvalue weighted by atomic mass is 16.6. The molecular weight excluding hydrogens is 456 g/mol. The molecule has 1 amide bonds. The predicted molar refractivity (Wildman–Crippen MR) is 132 cm³/mol. The number of aromatic nitrogens is 2. The van der Waals surface area contributed by atoms with Gasteiger partial charge in [-0.2, -0.15) is 0 Å². The summed E-state index contributed by atoms with van der Waals surface area (Å²) in [6.45, 7) is 2.57. The van der Waals surface area contributed by atoms with Crippen LogP contribution in [0.3, 0.4) is 0 Å². The molecule has 7 rings (SSSR count).